The van der Waals surface area contributed by atoms with Crippen molar-refractivity contribution in [2.45, 2.75) is 19.4 Å². The van der Waals surface area contributed by atoms with Gasteiger partial charge in [0, 0.05) is 25.9 Å². The average Bonchev–Trinajstić information content (AvgIpc) is 2.13. The van der Waals surface area contributed by atoms with Gasteiger partial charge >= 0.3 is 0 Å². The number of hydrogen-bond acceptors (Lipinski definition) is 2. The fourth-order valence-electron chi connectivity index (χ4n) is 1.22. The van der Waals surface area contributed by atoms with E-state index in [4.69, 9.17) is 5.11 Å². The number of carbonyl (C=O) groups is 1. The maximum Gasteiger partial charge on any atom is 0.222 e. The topological polar surface area (TPSA) is 40.5 Å². The molecule has 0 aromatic carbocycles. The molecule has 1 aliphatic rings. The largest absolute Gasteiger partial charge is 0.393 e. The summed E-state index contributed by atoms with van der Waals surface area (Å²) in [5.74, 6) is 0.295. The minimum atomic E-state index is -0.353. The molecule has 1 amide bonds. The van der Waals surface area contributed by atoms with E-state index in [0.717, 1.165) is 0 Å². The third-order valence-electron chi connectivity index (χ3n) is 2.05. The number of rotatable bonds is 1. The Balaban J connectivity index is 2.49. The van der Waals surface area contributed by atoms with Crippen molar-refractivity contribution in [3.63, 3.8) is 0 Å². The molecule has 3 nitrogen and oxygen atoms in total. The van der Waals surface area contributed by atoms with Crippen LogP contribution < -0.4 is 0 Å². The Morgan fingerprint density at radius 3 is 2.60 bits per heavy atom. The summed E-state index contributed by atoms with van der Waals surface area (Å²) in [4.78, 5) is 12.6. The summed E-state index contributed by atoms with van der Waals surface area (Å²) in [6.45, 7) is 2.44. The zero-order chi connectivity index (χ0) is 7.72. The van der Waals surface area contributed by atoms with Crippen molar-refractivity contribution in [2.75, 3.05) is 13.6 Å². The van der Waals surface area contributed by atoms with Gasteiger partial charge in [0.15, 0.2) is 0 Å². The summed E-state index contributed by atoms with van der Waals surface area (Å²) in [5.41, 5.74) is 0. The lowest BCUT2D eigenvalue weighted by Gasteiger charge is -2.11. The van der Waals surface area contributed by atoms with Crippen molar-refractivity contribution >= 4 is 5.91 Å². The Morgan fingerprint density at radius 2 is 2.40 bits per heavy atom. The first-order chi connectivity index (χ1) is 4.61. The quantitative estimate of drug-likeness (QED) is 0.554. The van der Waals surface area contributed by atoms with Crippen molar-refractivity contribution in [3.05, 3.63) is 0 Å². The molecule has 2 unspecified atom stereocenters. The molecule has 58 valence electrons. The van der Waals surface area contributed by atoms with Crippen LogP contribution in [0.2, 0.25) is 0 Å². The summed E-state index contributed by atoms with van der Waals surface area (Å²) in [5, 5.41) is 9.11. The molecule has 1 rings (SSSR count). The molecular weight excluding hydrogens is 130 g/mol. The number of aliphatic hydroxyl groups excluding tert-OH is 1. The fraction of sp³-hybridized carbons (Fsp3) is 0.857. The predicted octanol–water partition coefficient (Wildman–Crippen LogP) is -0.155. The lowest BCUT2D eigenvalue weighted by Crippen LogP contribution is -2.22. The Bertz CT molecular complexity index is 145. The highest BCUT2D eigenvalue weighted by molar-refractivity contribution is 5.78. The molecule has 0 aromatic heterocycles. The zero-order valence-corrected chi connectivity index (χ0v) is 6.37. The first kappa shape index (κ1) is 7.54. The molecule has 0 bridgehead atoms. The monoisotopic (exact) mass is 143 g/mol. The summed E-state index contributed by atoms with van der Waals surface area (Å²) in [6.07, 6.45) is 0.155. The zero-order valence-electron chi connectivity index (χ0n) is 6.37. The normalized spacial score (nSPS) is 29.3. The minimum absolute atomic E-state index is 0.144. The third kappa shape index (κ3) is 1.29. The first-order valence-electron chi connectivity index (χ1n) is 3.53. The maximum atomic E-state index is 10.9. The van der Waals surface area contributed by atoms with Gasteiger partial charge in [-0.2, -0.15) is 0 Å². The lowest BCUT2D eigenvalue weighted by atomic mass is 10.0. The van der Waals surface area contributed by atoms with Gasteiger partial charge in [-0.15, -0.1) is 0 Å². The van der Waals surface area contributed by atoms with E-state index >= 15 is 0 Å². The maximum absolute atomic E-state index is 10.9. The first-order valence-corrected chi connectivity index (χ1v) is 3.53. The van der Waals surface area contributed by atoms with Crippen LogP contribution in [0.3, 0.4) is 0 Å². The molecule has 1 fully saturated rings. The van der Waals surface area contributed by atoms with Gasteiger partial charge in [-0.3, -0.25) is 4.79 Å². The second kappa shape index (κ2) is 2.58. The number of hydrogen-bond donors (Lipinski definition) is 1. The van der Waals surface area contributed by atoms with E-state index in [2.05, 4.69) is 0 Å². The van der Waals surface area contributed by atoms with E-state index in [0.29, 0.717) is 13.0 Å². The Hall–Kier alpha value is -0.570. The van der Waals surface area contributed by atoms with E-state index in [1.807, 2.05) is 0 Å². The molecule has 10 heavy (non-hydrogen) atoms. The molecule has 1 heterocycles. The molecule has 1 N–H and O–H groups in total. The number of carbonyl (C=O) groups excluding carboxylic acids is 1. The molecule has 2 atom stereocenters. The van der Waals surface area contributed by atoms with Gasteiger partial charge in [0.25, 0.3) is 0 Å². The molecule has 0 spiro atoms. The second-order valence-corrected chi connectivity index (χ2v) is 2.98. The van der Waals surface area contributed by atoms with Crippen LogP contribution in [0, 0.1) is 5.92 Å². The van der Waals surface area contributed by atoms with E-state index in [-0.39, 0.29) is 17.9 Å². The third-order valence-corrected chi connectivity index (χ3v) is 2.05. The van der Waals surface area contributed by atoms with Gasteiger partial charge in [-0.1, -0.05) is 0 Å². The highest BCUT2D eigenvalue weighted by Crippen LogP contribution is 2.18. The van der Waals surface area contributed by atoms with Crippen LogP contribution in [0.4, 0.5) is 0 Å². The van der Waals surface area contributed by atoms with Gasteiger partial charge in [-0.25, -0.2) is 0 Å². The summed E-state index contributed by atoms with van der Waals surface area (Å²) < 4.78 is 0. The predicted molar refractivity (Wildman–Crippen MR) is 37.4 cm³/mol. The van der Waals surface area contributed by atoms with Gasteiger partial charge in [0.05, 0.1) is 6.10 Å². The fourth-order valence-corrected chi connectivity index (χ4v) is 1.22. The van der Waals surface area contributed by atoms with Crippen molar-refractivity contribution in [2.24, 2.45) is 5.92 Å². The van der Waals surface area contributed by atoms with Crippen LogP contribution in [0.15, 0.2) is 0 Å². The average molecular weight is 143 g/mol. The molecule has 0 aromatic rings. The highest BCUT2D eigenvalue weighted by atomic mass is 16.3. The van der Waals surface area contributed by atoms with Crippen molar-refractivity contribution < 1.29 is 9.90 Å². The SMILES string of the molecule is CC(O)C1CC(=O)N(C)C1. The van der Waals surface area contributed by atoms with Crippen LogP contribution in [-0.4, -0.2) is 35.6 Å². The molecular formula is C7H13NO2. The van der Waals surface area contributed by atoms with Crippen molar-refractivity contribution in [1.29, 1.82) is 0 Å². The van der Waals surface area contributed by atoms with Crippen LogP contribution in [-0.2, 0) is 4.79 Å². The lowest BCUT2D eigenvalue weighted by molar-refractivity contribution is -0.126. The van der Waals surface area contributed by atoms with Crippen LogP contribution in [0.1, 0.15) is 13.3 Å². The van der Waals surface area contributed by atoms with E-state index in [1.54, 1.807) is 18.9 Å². The molecule has 1 aliphatic heterocycles. The standard InChI is InChI=1S/C7H13NO2/c1-5(9)6-3-7(10)8(2)4-6/h5-6,9H,3-4H2,1-2H3. The van der Waals surface area contributed by atoms with Crippen molar-refractivity contribution in [1.82, 2.24) is 4.90 Å². The van der Waals surface area contributed by atoms with Gasteiger partial charge in [0.2, 0.25) is 5.91 Å². The molecule has 0 saturated carbocycles. The van der Waals surface area contributed by atoms with Crippen molar-refractivity contribution in [3.8, 4) is 0 Å². The second-order valence-electron chi connectivity index (χ2n) is 2.98. The van der Waals surface area contributed by atoms with Crippen LogP contribution >= 0.6 is 0 Å². The molecule has 1 saturated heterocycles. The summed E-state index contributed by atoms with van der Waals surface area (Å²) in [6, 6.07) is 0. The van der Waals surface area contributed by atoms with Crippen LogP contribution in [0.5, 0.6) is 0 Å². The van der Waals surface area contributed by atoms with Gasteiger partial charge in [0.1, 0.15) is 0 Å². The summed E-state index contributed by atoms with van der Waals surface area (Å²) >= 11 is 0. The smallest absolute Gasteiger partial charge is 0.222 e. The van der Waals surface area contributed by atoms with E-state index in [1.165, 1.54) is 0 Å². The van der Waals surface area contributed by atoms with E-state index < -0.39 is 0 Å². The van der Waals surface area contributed by atoms with Crippen LogP contribution in [0.25, 0.3) is 0 Å². The molecule has 0 radical (unpaired) electrons. The minimum Gasteiger partial charge on any atom is -0.393 e. The number of likely N-dealkylation sites (tertiary alicyclic amines) is 1. The Morgan fingerprint density at radius 1 is 1.80 bits per heavy atom. The van der Waals surface area contributed by atoms with Gasteiger partial charge in [-0.05, 0) is 6.92 Å². The number of amides is 1. The highest BCUT2D eigenvalue weighted by Gasteiger charge is 2.29. The Kier molecular flexibility index (Phi) is 1.94. The van der Waals surface area contributed by atoms with Gasteiger partial charge < -0.3 is 10.0 Å². The summed E-state index contributed by atoms with van der Waals surface area (Å²) in [7, 11) is 1.77. The van der Waals surface area contributed by atoms with E-state index in [9.17, 15) is 4.79 Å². The molecule has 3 heteroatoms. The molecule has 0 aliphatic carbocycles. The Labute approximate surface area is 60.6 Å². The number of nitrogens with zero attached hydrogens (tertiary/aromatic N) is 1. The number of aliphatic hydroxyl groups is 1.